The molecule has 1 aliphatic heterocycles. The summed E-state index contributed by atoms with van der Waals surface area (Å²) in [5, 5.41) is 10.9. The minimum atomic E-state index is -4.63. The lowest BCUT2D eigenvalue weighted by atomic mass is 10.2. The number of alkyl halides is 3. The average molecular weight is 282 g/mol. The fraction of sp³-hybridized carbons (Fsp3) is 0.818. The Bertz CT molecular complexity index is 384. The predicted octanol–water partition coefficient (Wildman–Crippen LogP) is 0.205. The second-order valence-electron chi connectivity index (χ2n) is 5.52. The van der Waals surface area contributed by atoms with Gasteiger partial charge < -0.3 is 9.90 Å². The fourth-order valence-corrected chi connectivity index (χ4v) is 2.53. The van der Waals surface area contributed by atoms with Crippen molar-refractivity contribution in [1.82, 2.24) is 4.90 Å². The van der Waals surface area contributed by atoms with Crippen molar-refractivity contribution in [3.63, 3.8) is 0 Å². The highest BCUT2D eigenvalue weighted by Crippen LogP contribution is 2.28. The van der Waals surface area contributed by atoms with Crippen LogP contribution >= 0.6 is 0 Å². The van der Waals surface area contributed by atoms with E-state index < -0.39 is 30.8 Å². The standard InChI is InChI=1S/C11H17F3N2O3/c1-7(2)4-16(3)5-8(9(17)18)15(10(16)19)6-11(12,13)14/h7-8H,4-6H2,1-3H3. The highest BCUT2D eigenvalue weighted by atomic mass is 19.4. The van der Waals surface area contributed by atoms with E-state index in [1.807, 2.05) is 13.8 Å². The monoisotopic (exact) mass is 282 g/mol. The van der Waals surface area contributed by atoms with Gasteiger partial charge in [-0.05, 0) is 0 Å². The molecule has 8 heteroatoms. The number of carboxylic acid groups (broad SMARTS) is 1. The van der Waals surface area contributed by atoms with Crippen LogP contribution in [0, 0.1) is 5.92 Å². The molecule has 0 aromatic heterocycles. The van der Waals surface area contributed by atoms with Gasteiger partial charge in [-0.15, -0.1) is 0 Å². The SMILES string of the molecule is CC(C)C[N+]1(C)CC(C(=O)[O-])N(CC(F)(F)F)C1=O. The molecule has 0 spiro atoms. The number of hydrogen-bond donors (Lipinski definition) is 0. The Morgan fingerprint density at radius 2 is 2.05 bits per heavy atom. The molecule has 0 radical (unpaired) electrons. The summed E-state index contributed by atoms with van der Waals surface area (Å²) < 4.78 is 36.9. The van der Waals surface area contributed by atoms with Crippen molar-refractivity contribution in [2.24, 2.45) is 5.92 Å². The smallest absolute Gasteiger partial charge is 0.420 e. The molecule has 0 N–H and O–H groups in total. The molecule has 0 aromatic rings. The maximum Gasteiger partial charge on any atom is 0.420 e. The van der Waals surface area contributed by atoms with Crippen LogP contribution in [0.15, 0.2) is 0 Å². The number of carboxylic acids is 1. The van der Waals surface area contributed by atoms with Gasteiger partial charge in [0.2, 0.25) is 0 Å². The minimum Gasteiger partial charge on any atom is -0.548 e. The van der Waals surface area contributed by atoms with Gasteiger partial charge >= 0.3 is 12.2 Å². The maximum atomic E-state index is 12.4. The molecular weight excluding hydrogens is 265 g/mol. The summed E-state index contributed by atoms with van der Waals surface area (Å²) >= 11 is 0. The molecule has 5 nitrogen and oxygen atoms in total. The Hall–Kier alpha value is -1.31. The highest BCUT2D eigenvalue weighted by Gasteiger charge is 2.53. The van der Waals surface area contributed by atoms with Crippen molar-refractivity contribution in [1.29, 1.82) is 0 Å². The van der Waals surface area contributed by atoms with Gasteiger partial charge in [0, 0.05) is 5.92 Å². The Morgan fingerprint density at radius 3 is 2.42 bits per heavy atom. The molecule has 110 valence electrons. The molecule has 0 aliphatic carbocycles. The van der Waals surface area contributed by atoms with Gasteiger partial charge in [0.15, 0.2) is 0 Å². The largest absolute Gasteiger partial charge is 0.548 e. The summed E-state index contributed by atoms with van der Waals surface area (Å²) in [6, 6.07) is -2.35. The second kappa shape index (κ2) is 4.99. The van der Waals surface area contributed by atoms with E-state index in [0.29, 0.717) is 4.90 Å². The third-order valence-electron chi connectivity index (χ3n) is 3.05. The van der Waals surface area contributed by atoms with E-state index in [0.717, 1.165) is 0 Å². The summed E-state index contributed by atoms with van der Waals surface area (Å²) in [6.45, 7) is 2.16. The van der Waals surface area contributed by atoms with Crippen LogP contribution in [0.1, 0.15) is 13.8 Å². The number of amides is 2. The van der Waals surface area contributed by atoms with Crippen molar-refractivity contribution < 1.29 is 32.3 Å². The number of nitrogens with zero attached hydrogens (tertiary/aromatic N) is 2. The molecule has 19 heavy (non-hydrogen) atoms. The molecule has 0 saturated carbocycles. The number of likely N-dealkylation sites (N-methyl/N-ethyl adjacent to an activating group) is 1. The summed E-state index contributed by atoms with van der Waals surface area (Å²) in [5.41, 5.74) is 0. The fourth-order valence-electron chi connectivity index (χ4n) is 2.53. The van der Waals surface area contributed by atoms with E-state index in [4.69, 9.17) is 0 Å². The average Bonchev–Trinajstić information content (AvgIpc) is 2.39. The highest BCUT2D eigenvalue weighted by molar-refractivity contribution is 5.81. The van der Waals surface area contributed by atoms with Crippen LogP contribution in [0.2, 0.25) is 0 Å². The van der Waals surface area contributed by atoms with E-state index in [-0.39, 0.29) is 23.5 Å². The first kappa shape index (κ1) is 15.7. The molecule has 2 atom stereocenters. The summed E-state index contributed by atoms with van der Waals surface area (Å²) in [5.74, 6) is -1.59. The molecule has 2 unspecified atom stereocenters. The summed E-state index contributed by atoms with van der Waals surface area (Å²) in [4.78, 5) is 23.4. The molecule has 0 aromatic carbocycles. The van der Waals surface area contributed by atoms with E-state index >= 15 is 0 Å². The lowest BCUT2D eigenvalue weighted by Crippen LogP contribution is -2.51. The molecule has 0 bridgehead atoms. The number of urea groups is 1. The van der Waals surface area contributed by atoms with E-state index in [1.54, 1.807) is 0 Å². The molecule has 1 heterocycles. The number of rotatable bonds is 4. The minimum absolute atomic E-state index is 0.0576. The molecule has 2 amide bonds. The Morgan fingerprint density at radius 1 is 1.53 bits per heavy atom. The lowest BCUT2D eigenvalue weighted by Gasteiger charge is -2.27. The molecule has 1 fully saturated rings. The van der Waals surface area contributed by atoms with Crippen LogP contribution < -0.4 is 5.11 Å². The third-order valence-corrected chi connectivity index (χ3v) is 3.05. The quantitative estimate of drug-likeness (QED) is 0.692. The van der Waals surface area contributed by atoms with Gasteiger partial charge in [-0.1, -0.05) is 13.8 Å². The van der Waals surface area contributed by atoms with Gasteiger partial charge in [-0.3, -0.25) is 4.90 Å². The van der Waals surface area contributed by atoms with Crippen molar-refractivity contribution in [3.8, 4) is 0 Å². The van der Waals surface area contributed by atoms with Gasteiger partial charge in [-0.25, -0.2) is 9.28 Å². The van der Waals surface area contributed by atoms with Gasteiger partial charge in [-0.2, -0.15) is 13.2 Å². The zero-order valence-corrected chi connectivity index (χ0v) is 11.0. The van der Waals surface area contributed by atoms with Crippen molar-refractivity contribution in [2.45, 2.75) is 26.1 Å². The van der Waals surface area contributed by atoms with Crippen LogP contribution in [0.25, 0.3) is 0 Å². The van der Waals surface area contributed by atoms with Crippen LogP contribution in [-0.4, -0.2) is 60.3 Å². The zero-order chi connectivity index (χ0) is 15.0. The Kier molecular flexibility index (Phi) is 4.14. The number of carbonyl (C=O) groups excluding carboxylic acids is 2. The number of carbonyl (C=O) groups is 2. The first-order valence-electron chi connectivity index (χ1n) is 5.89. The van der Waals surface area contributed by atoms with Crippen LogP contribution in [0.3, 0.4) is 0 Å². The Labute approximate surface area is 109 Å². The van der Waals surface area contributed by atoms with Crippen LogP contribution in [0.4, 0.5) is 18.0 Å². The number of halogens is 3. The molecule has 1 aliphatic rings. The van der Waals surface area contributed by atoms with E-state index in [2.05, 4.69) is 0 Å². The van der Waals surface area contributed by atoms with E-state index in [1.165, 1.54) is 7.05 Å². The Balaban J connectivity index is 3.01. The van der Waals surface area contributed by atoms with Gasteiger partial charge in [0.05, 0.1) is 19.6 Å². The zero-order valence-electron chi connectivity index (χ0n) is 11.0. The van der Waals surface area contributed by atoms with Gasteiger partial charge in [0.25, 0.3) is 0 Å². The number of hydrogen-bond acceptors (Lipinski definition) is 3. The van der Waals surface area contributed by atoms with Crippen molar-refractivity contribution >= 4 is 12.0 Å². The molecule has 1 rings (SSSR count). The normalized spacial score (nSPS) is 28.3. The second-order valence-corrected chi connectivity index (χ2v) is 5.52. The maximum absolute atomic E-state index is 12.4. The lowest BCUT2D eigenvalue weighted by molar-refractivity contribution is -0.825. The number of aliphatic carboxylic acids is 1. The van der Waals surface area contributed by atoms with Crippen LogP contribution in [-0.2, 0) is 4.79 Å². The summed E-state index contributed by atoms with van der Waals surface area (Å²) in [7, 11) is 1.45. The number of quaternary nitrogens is 1. The van der Waals surface area contributed by atoms with E-state index in [9.17, 15) is 27.9 Å². The summed E-state index contributed by atoms with van der Waals surface area (Å²) in [6.07, 6.45) is -4.63. The topological polar surface area (TPSA) is 60.4 Å². The molecule has 1 saturated heterocycles. The first-order valence-corrected chi connectivity index (χ1v) is 5.89. The van der Waals surface area contributed by atoms with Crippen molar-refractivity contribution in [3.05, 3.63) is 0 Å². The van der Waals surface area contributed by atoms with Gasteiger partial charge in [0.1, 0.15) is 19.1 Å². The third kappa shape index (κ3) is 3.59. The first-order chi connectivity index (χ1) is 8.46. The molecular formula is C11H17F3N2O3. The van der Waals surface area contributed by atoms with Crippen LogP contribution in [0.5, 0.6) is 0 Å². The predicted molar refractivity (Wildman–Crippen MR) is 57.7 cm³/mol. The van der Waals surface area contributed by atoms with Crippen molar-refractivity contribution in [2.75, 3.05) is 26.7 Å².